The molecule has 4 nitrogen and oxygen atoms in total. The van der Waals surface area contributed by atoms with E-state index in [0.29, 0.717) is 6.42 Å². The molecule has 0 saturated heterocycles. The van der Waals surface area contributed by atoms with Crippen LogP contribution in [0.15, 0.2) is 90.1 Å². The van der Waals surface area contributed by atoms with Gasteiger partial charge in [0.25, 0.3) is 0 Å². The lowest BCUT2D eigenvalue weighted by Crippen LogP contribution is -2.26. The molecule has 0 fully saturated rings. The van der Waals surface area contributed by atoms with E-state index in [-0.39, 0.29) is 23.5 Å². The molecule has 0 amide bonds. The van der Waals surface area contributed by atoms with E-state index in [1.165, 1.54) is 5.56 Å². The standard InChI is InChI=1S/C25H22N2O2/c28-19-12-10-17(11-13-19)25-24-22(26-20-8-4-5-9-21(20)27-25)14-18(15-23(24)29)16-6-2-1-3-7-16/h1-13,18,25-28H,14-15H2/t18-,25-/m0/s1. The number of para-hydroxylation sites is 2. The van der Waals surface area contributed by atoms with Crippen LogP contribution >= 0.6 is 0 Å². The molecule has 5 rings (SSSR count). The van der Waals surface area contributed by atoms with Crippen molar-refractivity contribution >= 4 is 17.2 Å². The fraction of sp³-hybridized carbons (Fsp3) is 0.160. The van der Waals surface area contributed by atoms with Gasteiger partial charge in [0.05, 0.1) is 17.4 Å². The first-order valence-electron chi connectivity index (χ1n) is 9.92. The Labute approximate surface area is 169 Å². The number of aromatic hydroxyl groups is 1. The van der Waals surface area contributed by atoms with Crippen LogP contribution in [0.1, 0.15) is 35.9 Å². The maximum absolute atomic E-state index is 13.4. The first kappa shape index (κ1) is 17.6. The van der Waals surface area contributed by atoms with Crippen molar-refractivity contribution in [3.8, 4) is 5.75 Å². The van der Waals surface area contributed by atoms with Gasteiger partial charge >= 0.3 is 0 Å². The third-order valence-electron chi connectivity index (χ3n) is 5.81. The Morgan fingerprint density at radius 3 is 2.21 bits per heavy atom. The number of hydrogen-bond donors (Lipinski definition) is 3. The van der Waals surface area contributed by atoms with E-state index in [1.54, 1.807) is 12.1 Å². The van der Waals surface area contributed by atoms with Crippen LogP contribution in [0.3, 0.4) is 0 Å². The normalized spacial score (nSPS) is 20.8. The highest BCUT2D eigenvalue weighted by atomic mass is 16.3. The van der Waals surface area contributed by atoms with Gasteiger partial charge in [0.2, 0.25) is 0 Å². The SMILES string of the molecule is O=C1C[C@@H](c2ccccc2)CC2=C1[C@H](c1ccc(O)cc1)Nc1ccccc1N2. The molecule has 3 aromatic carbocycles. The van der Waals surface area contributed by atoms with Crippen LogP contribution in [-0.2, 0) is 4.79 Å². The molecule has 29 heavy (non-hydrogen) atoms. The van der Waals surface area contributed by atoms with Gasteiger partial charge in [-0.25, -0.2) is 0 Å². The molecule has 0 spiro atoms. The van der Waals surface area contributed by atoms with Crippen molar-refractivity contribution in [3.05, 3.63) is 101 Å². The predicted octanol–water partition coefficient (Wildman–Crippen LogP) is 5.37. The minimum absolute atomic E-state index is 0.158. The summed E-state index contributed by atoms with van der Waals surface area (Å²) in [5, 5.41) is 16.8. The van der Waals surface area contributed by atoms with Crippen molar-refractivity contribution in [2.45, 2.75) is 24.8 Å². The number of phenols is 1. The second kappa shape index (κ2) is 7.13. The molecule has 1 heterocycles. The zero-order valence-electron chi connectivity index (χ0n) is 15.9. The van der Waals surface area contributed by atoms with Crippen molar-refractivity contribution in [1.29, 1.82) is 0 Å². The van der Waals surface area contributed by atoms with E-state index in [1.807, 2.05) is 54.6 Å². The maximum atomic E-state index is 13.4. The summed E-state index contributed by atoms with van der Waals surface area (Å²) in [7, 11) is 0. The van der Waals surface area contributed by atoms with Crippen molar-refractivity contribution in [2.24, 2.45) is 0 Å². The summed E-state index contributed by atoms with van der Waals surface area (Å²) >= 11 is 0. The Bertz CT molecular complexity index is 1090. The van der Waals surface area contributed by atoms with Gasteiger partial charge in [0.15, 0.2) is 5.78 Å². The topological polar surface area (TPSA) is 61.4 Å². The number of carbonyl (C=O) groups excluding carboxylic acids is 1. The average molecular weight is 382 g/mol. The largest absolute Gasteiger partial charge is 0.508 e. The second-order valence-electron chi connectivity index (χ2n) is 7.67. The molecule has 3 N–H and O–H groups in total. The number of fused-ring (bicyclic) bond motifs is 1. The van der Waals surface area contributed by atoms with E-state index < -0.39 is 0 Å². The summed E-state index contributed by atoms with van der Waals surface area (Å²) in [6.45, 7) is 0. The first-order valence-corrected chi connectivity index (χ1v) is 9.92. The average Bonchev–Trinajstić information content (AvgIpc) is 2.92. The number of anilines is 2. The second-order valence-corrected chi connectivity index (χ2v) is 7.67. The summed E-state index contributed by atoms with van der Waals surface area (Å²) in [6.07, 6.45) is 1.28. The van der Waals surface area contributed by atoms with Gasteiger partial charge in [-0.1, -0.05) is 54.6 Å². The quantitative estimate of drug-likeness (QED) is 0.557. The highest BCUT2D eigenvalue weighted by Gasteiger charge is 2.35. The third-order valence-corrected chi connectivity index (χ3v) is 5.81. The number of benzene rings is 3. The molecule has 4 heteroatoms. The molecular formula is C25H22N2O2. The van der Waals surface area contributed by atoms with Gasteiger partial charge in [-0.05, 0) is 47.7 Å². The highest BCUT2D eigenvalue weighted by molar-refractivity contribution is 6.01. The van der Waals surface area contributed by atoms with Crippen LogP contribution < -0.4 is 10.6 Å². The molecule has 0 unspecified atom stereocenters. The van der Waals surface area contributed by atoms with E-state index in [4.69, 9.17) is 0 Å². The van der Waals surface area contributed by atoms with E-state index >= 15 is 0 Å². The van der Waals surface area contributed by atoms with Crippen molar-refractivity contribution < 1.29 is 9.90 Å². The Kier molecular flexibility index (Phi) is 4.32. The minimum Gasteiger partial charge on any atom is -0.508 e. The van der Waals surface area contributed by atoms with Crippen LogP contribution in [0.5, 0.6) is 5.75 Å². The summed E-state index contributed by atoms with van der Waals surface area (Å²) in [6, 6.07) is 25.1. The van der Waals surface area contributed by atoms with Crippen LogP contribution in [0, 0.1) is 0 Å². The van der Waals surface area contributed by atoms with Gasteiger partial charge in [-0.15, -0.1) is 0 Å². The van der Waals surface area contributed by atoms with Gasteiger partial charge in [-0.3, -0.25) is 4.79 Å². The third kappa shape index (κ3) is 3.27. The molecule has 0 radical (unpaired) electrons. The number of hydrogen-bond acceptors (Lipinski definition) is 4. The summed E-state index contributed by atoms with van der Waals surface area (Å²) < 4.78 is 0. The van der Waals surface area contributed by atoms with Gasteiger partial charge in [-0.2, -0.15) is 0 Å². The van der Waals surface area contributed by atoms with Crippen molar-refractivity contribution in [1.82, 2.24) is 0 Å². The zero-order chi connectivity index (χ0) is 19.8. The van der Waals surface area contributed by atoms with E-state index in [9.17, 15) is 9.90 Å². The minimum atomic E-state index is -0.258. The molecule has 0 bridgehead atoms. The monoisotopic (exact) mass is 382 g/mol. The van der Waals surface area contributed by atoms with Crippen LogP contribution in [0.4, 0.5) is 11.4 Å². The predicted molar refractivity (Wildman–Crippen MR) is 115 cm³/mol. The lowest BCUT2D eigenvalue weighted by atomic mass is 9.78. The van der Waals surface area contributed by atoms with E-state index in [2.05, 4.69) is 22.8 Å². The number of allylic oxidation sites excluding steroid dienone is 1. The van der Waals surface area contributed by atoms with Gasteiger partial charge in [0.1, 0.15) is 5.75 Å². The lowest BCUT2D eigenvalue weighted by Gasteiger charge is -2.30. The smallest absolute Gasteiger partial charge is 0.163 e. The van der Waals surface area contributed by atoms with Gasteiger partial charge < -0.3 is 15.7 Å². The fourth-order valence-corrected chi connectivity index (χ4v) is 4.37. The highest BCUT2D eigenvalue weighted by Crippen LogP contribution is 2.44. The number of nitrogens with one attached hydrogen (secondary N) is 2. The number of carbonyl (C=O) groups is 1. The van der Waals surface area contributed by atoms with E-state index in [0.717, 1.165) is 34.6 Å². The molecular weight excluding hydrogens is 360 g/mol. The lowest BCUT2D eigenvalue weighted by molar-refractivity contribution is -0.116. The molecule has 144 valence electrons. The summed E-state index contributed by atoms with van der Waals surface area (Å²) in [5.41, 5.74) is 5.86. The molecule has 2 atom stereocenters. The van der Waals surface area contributed by atoms with Crippen LogP contribution in [0.25, 0.3) is 0 Å². The molecule has 0 aromatic heterocycles. The number of Topliss-reactive ketones (excluding diaryl/α,β-unsaturated/α-hetero) is 1. The fourth-order valence-electron chi connectivity index (χ4n) is 4.37. The molecule has 1 aliphatic carbocycles. The number of rotatable bonds is 2. The number of phenolic OH excluding ortho intramolecular Hbond substituents is 1. The van der Waals surface area contributed by atoms with Crippen LogP contribution in [0.2, 0.25) is 0 Å². The molecule has 1 aliphatic heterocycles. The Hall–Kier alpha value is -3.53. The maximum Gasteiger partial charge on any atom is 0.163 e. The number of ketones is 1. The Morgan fingerprint density at radius 1 is 0.759 bits per heavy atom. The van der Waals surface area contributed by atoms with Crippen molar-refractivity contribution in [3.63, 3.8) is 0 Å². The first-order chi connectivity index (χ1) is 14.2. The molecule has 2 aliphatic rings. The summed E-state index contributed by atoms with van der Waals surface area (Å²) in [4.78, 5) is 13.4. The summed E-state index contributed by atoms with van der Waals surface area (Å²) in [5.74, 6) is 0.542. The molecule has 3 aromatic rings. The van der Waals surface area contributed by atoms with Crippen LogP contribution in [-0.4, -0.2) is 10.9 Å². The Morgan fingerprint density at radius 2 is 1.45 bits per heavy atom. The zero-order valence-corrected chi connectivity index (χ0v) is 15.9. The van der Waals surface area contributed by atoms with Crippen molar-refractivity contribution in [2.75, 3.05) is 10.6 Å². The molecule has 0 saturated carbocycles. The van der Waals surface area contributed by atoms with Gasteiger partial charge in [0, 0.05) is 17.7 Å². The Balaban J connectivity index is 1.61.